The highest BCUT2D eigenvalue weighted by atomic mass is 16.4. The molecule has 0 fully saturated rings. The number of anilines is 1. The number of carboxylic acids is 1. The summed E-state index contributed by atoms with van der Waals surface area (Å²) in [6.07, 6.45) is -0.327. The van der Waals surface area contributed by atoms with Crippen molar-refractivity contribution in [3.8, 4) is 0 Å². The van der Waals surface area contributed by atoms with Crippen LogP contribution < -0.4 is 4.90 Å². The van der Waals surface area contributed by atoms with Crippen LogP contribution >= 0.6 is 0 Å². The quantitative estimate of drug-likeness (QED) is 0.790. The van der Waals surface area contributed by atoms with Crippen molar-refractivity contribution >= 4 is 11.7 Å². The third-order valence-electron chi connectivity index (χ3n) is 2.65. The van der Waals surface area contributed by atoms with Gasteiger partial charge in [-0.15, -0.1) is 0 Å². The lowest BCUT2D eigenvalue weighted by Crippen LogP contribution is -2.29. The Labute approximate surface area is 101 Å². The van der Waals surface area contributed by atoms with E-state index >= 15 is 0 Å². The zero-order valence-corrected chi connectivity index (χ0v) is 10.3. The number of hydrogen-bond acceptors (Lipinski definition) is 3. The van der Waals surface area contributed by atoms with Gasteiger partial charge in [-0.25, -0.2) is 0 Å². The average Bonchev–Trinajstić information content (AvgIpc) is 2.27. The fourth-order valence-electron chi connectivity index (χ4n) is 1.60. The first-order valence-electron chi connectivity index (χ1n) is 5.66. The minimum Gasteiger partial charge on any atom is -0.481 e. The van der Waals surface area contributed by atoms with Crippen molar-refractivity contribution in [2.45, 2.75) is 25.9 Å². The standard InChI is InChI=1S/C13H19NO3/c1-10-3-5-11(6-4-10)14(2)9-12(15)7-8-13(16)17/h3-6,12,15H,7-9H2,1-2H3,(H,16,17). The van der Waals surface area contributed by atoms with Crippen LogP contribution in [-0.4, -0.2) is 35.9 Å². The van der Waals surface area contributed by atoms with Gasteiger partial charge in [-0.05, 0) is 25.5 Å². The van der Waals surface area contributed by atoms with Crippen molar-refractivity contribution in [1.82, 2.24) is 0 Å². The molecule has 0 radical (unpaired) electrons. The minimum atomic E-state index is -0.873. The van der Waals surface area contributed by atoms with Gasteiger partial charge in [-0.3, -0.25) is 4.79 Å². The zero-order chi connectivity index (χ0) is 12.8. The number of aliphatic hydroxyl groups is 1. The summed E-state index contributed by atoms with van der Waals surface area (Å²) in [5.41, 5.74) is 2.21. The first-order valence-corrected chi connectivity index (χ1v) is 5.66. The minimum absolute atomic E-state index is 0.00288. The van der Waals surface area contributed by atoms with E-state index in [-0.39, 0.29) is 12.8 Å². The van der Waals surface area contributed by atoms with Crippen LogP contribution in [0.1, 0.15) is 18.4 Å². The van der Waals surface area contributed by atoms with E-state index in [0.717, 1.165) is 5.69 Å². The fraction of sp³-hybridized carbons (Fsp3) is 0.462. The van der Waals surface area contributed by atoms with Crippen molar-refractivity contribution in [3.05, 3.63) is 29.8 Å². The smallest absolute Gasteiger partial charge is 0.303 e. The van der Waals surface area contributed by atoms with Gasteiger partial charge in [0.2, 0.25) is 0 Å². The molecule has 94 valence electrons. The second-order valence-corrected chi connectivity index (χ2v) is 4.30. The number of rotatable bonds is 6. The van der Waals surface area contributed by atoms with E-state index in [2.05, 4.69) is 0 Å². The van der Waals surface area contributed by atoms with E-state index < -0.39 is 12.1 Å². The van der Waals surface area contributed by atoms with Gasteiger partial charge in [0, 0.05) is 25.7 Å². The maximum Gasteiger partial charge on any atom is 0.303 e. The summed E-state index contributed by atoms with van der Waals surface area (Å²) in [6.45, 7) is 2.46. The predicted molar refractivity (Wildman–Crippen MR) is 67.3 cm³/mol. The largest absolute Gasteiger partial charge is 0.481 e. The Morgan fingerprint density at radius 2 is 1.94 bits per heavy atom. The van der Waals surface area contributed by atoms with Crippen molar-refractivity contribution < 1.29 is 15.0 Å². The molecule has 1 atom stereocenters. The summed E-state index contributed by atoms with van der Waals surface area (Å²) >= 11 is 0. The number of likely N-dealkylation sites (N-methyl/N-ethyl adjacent to an activating group) is 1. The highest BCUT2D eigenvalue weighted by Crippen LogP contribution is 2.14. The van der Waals surface area contributed by atoms with Crippen LogP contribution in [0, 0.1) is 6.92 Å². The van der Waals surface area contributed by atoms with Crippen LogP contribution in [-0.2, 0) is 4.79 Å². The molecule has 0 saturated carbocycles. The van der Waals surface area contributed by atoms with Crippen LogP contribution in [0.2, 0.25) is 0 Å². The van der Waals surface area contributed by atoms with Gasteiger partial charge >= 0.3 is 5.97 Å². The van der Waals surface area contributed by atoms with Crippen LogP contribution in [0.3, 0.4) is 0 Å². The molecular formula is C13H19NO3. The Hall–Kier alpha value is -1.55. The second kappa shape index (κ2) is 6.25. The highest BCUT2D eigenvalue weighted by molar-refractivity contribution is 5.66. The third-order valence-corrected chi connectivity index (χ3v) is 2.65. The maximum absolute atomic E-state index is 10.4. The molecule has 1 aromatic carbocycles. The van der Waals surface area contributed by atoms with Gasteiger partial charge in [0.25, 0.3) is 0 Å². The summed E-state index contributed by atoms with van der Waals surface area (Å²) in [4.78, 5) is 12.3. The van der Waals surface area contributed by atoms with E-state index in [9.17, 15) is 9.90 Å². The summed E-state index contributed by atoms with van der Waals surface area (Å²) in [5.74, 6) is -0.873. The van der Waals surface area contributed by atoms with Crippen LogP contribution in [0.15, 0.2) is 24.3 Å². The van der Waals surface area contributed by atoms with Gasteiger partial charge in [0.15, 0.2) is 0 Å². The second-order valence-electron chi connectivity index (χ2n) is 4.30. The van der Waals surface area contributed by atoms with E-state index in [0.29, 0.717) is 6.54 Å². The van der Waals surface area contributed by atoms with Crippen molar-refractivity contribution in [2.24, 2.45) is 0 Å². The van der Waals surface area contributed by atoms with Gasteiger partial charge in [0.05, 0.1) is 6.10 Å². The Bertz CT molecular complexity index is 361. The van der Waals surface area contributed by atoms with E-state index in [1.54, 1.807) is 0 Å². The molecule has 1 rings (SSSR count). The predicted octanol–water partition coefficient (Wildman–Crippen LogP) is 1.66. The molecule has 17 heavy (non-hydrogen) atoms. The van der Waals surface area contributed by atoms with Crippen molar-refractivity contribution in [3.63, 3.8) is 0 Å². The van der Waals surface area contributed by atoms with Gasteiger partial charge in [0.1, 0.15) is 0 Å². The monoisotopic (exact) mass is 237 g/mol. The molecule has 2 N–H and O–H groups in total. The SMILES string of the molecule is Cc1ccc(N(C)CC(O)CCC(=O)O)cc1. The molecule has 4 nitrogen and oxygen atoms in total. The van der Waals surface area contributed by atoms with Gasteiger partial charge in [-0.1, -0.05) is 17.7 Å². The number of carboxylic acid groups (broad SMARTS) is 1. The Morgan fingerprint density at radius 1 is 1.35 bits per heavy atom. The lowest BCUT2D eigenvalue weighted by atomic mass is 10.1. The number of hydrogen-bond donors (Lipinski definition) is 2. The molecule has 1 aromatic rings. The summed E-state index contributed by atoms with van der Waals surface area (Å²) in [6, 6.07) is 7.99. The number of benzene rings is 1. The van der Waals surface area contributed by atoms with Crippen LogP contribution in [0.25, 0.3) is 0 Å². The zero-order valence-electron chi connectivity index (χ0n) is 10.3. The van der Waals surface area contributed by atoms with E-state index in [1.165, 1.54) is 5.56 Å². The Morgan fingerprint density at radius 3 is 2.47 bits per heavy atom. The molecule has 0 saturated heterocycles. The topological polar surface area (TPSA) is 60.8 Å². The number of carbonyl (C=O) groups is 1. The molecule has 0 spiro atoms. The molecule has 0 aliphatic carbocycles. The first kappa shape index (κ1) is 13.5. The fourth-order valence-corrected chi connectivity index (χ4v) is 1.60. The Kier molecular flexibility index (Phi) is 4.97. The lowest BCUT2D eigenvalue weighted by Gasteiger charge is -2.22. The molecule has 1 unspecified atom stereocenters. The molecular weight excluding hydrogens is 218 g/mol. The normalized spacial score (nSPS) is 12.2. The average molecular weight is 237 g/mol. The summed E-state index contributed by atoms with van der Waals surface area (Å²) in [7, 11) is 1.88. The van der Waals surface area contributed by atoms with Crippen molar-refractivity contribution in [1.29, 1.82) is 0 Å². The number of aliphatic carboxylic acids is 1. The van der Waals surface area contributed by atoms with E-state index in [4.69, 9.17) is 5.11 Å². The van der Waals surface area contributed by atoms with Gasteiger partial charge in [-0.2, -0.15) is 0 Å². The first-order chi connectivity index (χ1) is 7.99. The molecule has 0 bridgehead atoms. The van der Waals surface area contributed by atoms with Crippen molar-refractivity contribution in [2.75, 3.05) is 18.5 Å². The summed E-state index contributed by atoms with van der Waals surface area (Å²) in [5, 5.41) is 18.2. The molecule has 0 aliphatic rings. The molecule has 0 aliphatic heterocycles. The number of aliphatic hydroxyl groups excluding tert-OH is 1. The maximum atomic E-state index is 10.4. The lowest BCUT2D eigenvalue weighted by molar-refractivity contribution is -0.137. The molecule has 4 heteroatoms. The third kappa shape index (κ3) is 4.87. The molecule has 0 heterocycles. The molecule has 0 aromatic heterocycles. The summed E-state index contributed by atoms with van der Waals surface area (Å²) < 4.78 is 0. The van der Waals surface area contributed by atoms with Crippen LogP contribution in [0.4, 0.5) is 5.69 Å². The molecule has 0 amide bonds. The Balaban J connectivity index is 2.45. The number of aryl methyl sites for hydroxylation is 1. The van der Waals surface area contributed by atoms with Crippen LogP contribution in [0.5, 0.6) is 0 Å². The number of nitrogens with zero attached hydrogens (tertiary/aromatic N) is 1. The highest BCUT2D eigenvalue weighted by Gasteiger charge is 2.10. The van der Waals surface area contributed by atoms with E-state index in [1.807, 2.05) is 43.1 Å². The van der Waals surface area contributed by atoms with Gasteiger partial charge < -0.3 is 15.1 Å².